The molecule has 1 aromatic carbocycles. The van der Waals surface area contributed by atoms with E-state index < -0.39 is 33.3 Å². The summed E-state index contributed by atoms with van der Waals surface area (Å²) >= 11 is 0. The van der Waals surface area contributed by atoms with Crippen LogP contribution in [-0.2, 0) is 14.0 Å². The van der Waals surface area contributed by atoms with Crippen LogP contribution >= 0.6 is 0 Å². The molecule has 0 saturated carbocycles. The molecule has 2 rings (SSSR count). The fourth-order valence-corrected chi connectivity index (χ4v) is 5.63. The van der Waals surface area contributed by atoms with Gasteiger partial charge in [-0.3, -0.25) is 9.59 Å². The molecule has 0 heterocycles. The number of carboxylic acid groups (broad SMARTS) is 1. The molecule has 0 bridgehead atoms. The third-order valence-electron chi connectivity index (χ3n) is 6.61. The van der Waals surface area contributed by atoms with Crippen molar-refractivity contribution >= 4 is 26.4 Å². The Morgan fingerprint density at radius 1 is 1.29 bits per heavy atom. The Balaban J connectivity index is 2.69. The summed E-state index contributed by atoms with van der Waals surface area (Å²) in [6, 6.07) is 5.11. The van der Waals surface area contributed by atoms with Crippen molar-refractivity contribution in [3.05, 3.63) is 52.9 Å². The number of allylic oxidation sites excluding steroid dienone is 2. The molecule has 0 aromatic heterocycles. The fraction of sp³-hybridized carbons (Fsp3) is 0.571. The summed E-state index contributed by atoms with van der Waals surface area (Å²) in [6.07, 6.45) is 2.09. The van der Waals surface area contributed by atoms with Gasteiger partial charge in [0.05, 0.1) is 12.2 Å². The third kappa shape index (κ3) is 7.69. The van der Waals surface area contributed by atoms with Gasteiger partial charge in [-0.1, -0.05) is 52.8 Å². The molecule has 3 atom stereocenters. The van der Waals surface area contributed by atoms with Crippen molar-refractivity contribution in [1.29, 1.82) is 0 Å². The number of hydrogen-bond donors (Lipinski definition) is 2. The highest BCUT2D eigenvalue weighted by Gasteiger charge is 2.46. The van der Waals surface area contributed by atoms with Crippen LogP contribution in [0, 0.1) is 29.5 Å². The number of aliphatic hydroxyl groups excluding tert-OH is 1. The Morgan fingerprint density at radius 2 is 1.91 bits per heavy atom. The Kier molecular flexibility index (Phi) is 9.42. The number of carboxylic acids is 1. The van der Waals surface area contributed by atoms with Gasteiger partial charge in [0.1, 0.15) is 18.0 Å². The fourth-order valence-electron chi connectivity index (χ4n) is 4.84. The van der Waals surface area contributed by atoms with Gasteiger partial charge in [-0.2, -0.15) is 0 Å². The van der Waals surface area contributed by atoms with Crippen molar-refractivity contribution in [3.63, 3.8) is 0 Å². The van der Waals surface area contributed by atoms with Crippen molar-refractivity contribution in [2.45, 2.75) is 86.1 Å². The van der Waals surface area contributed by atoms with Gasteiger partial charge in [-0.05, 0) is 77.6 Å². The van der Waals surface area contributed by atoms with Crippen molar-refractivity contribution < 1.29 is 28.6 Å². The quantitative estimate of drug-likeness (QED) is 0.321. The maximum atomic E-state index is 14.2. The molecule has 1 aliphatic rings. The zero-order chi connectivity index (χ0) is 26.7. The average Bonchev–Trinajstić information content (AvgIpc) is 2.68. The molecule has 0 fully saturated rings. The monoisotopic (exact) mass is 503 g/mol. The summed E-state index contributed by atoms with van der Waals surface area (Å²) in [5, 5.41) is 19.3. The Morgan fingerprint density at radius 3 is 2.43 bits per heavy atom. The van der Waals surface area contributed by atoms with Crippen LogP contribution in [0.4, 0.5) is 4.39 Å². The van der Waals surface area contributed by atoms with Gasteiger partial charge >= 0.3 is 5.97 Å². The summed E-state index contributed by atoms with van der Waals surface area (Å²) in [5.74, 6) is -1.80. The van der Waals surface area contributed by atoms with Crippen LogP contribution in [0.2, 0.25) is 13.1 Å². The molecule has 5 nitrogen and oxygen atoms in total. The molecule has 193 valence electrons. The summed E-state index contributed by atoms with van der Waals surface area (Å²) in [5.41, 5.74) is 3.06. The number of aliphatic hydroxyl groups is 1. The van der Waals surface area contributed by atoms with Crippen LogP contribution in [0.1, 0.15) is 65.0 Å². The first-order valence-electron chi connectivity index (χ1n) is 12.1. The molecule has 0 spiro atoms. The summed E-state index contributed by atoms with van der Waals surface area (Å²) in [6.45, 7) is 16.9. The summed E-state index contributed by atoms with van der Waals surface area (Å²) < 4.78 is 20.8. The van der Waals surface area contributed by atoms with E-state index >= 15 is 0 Å². The Labute approximate surface area is 210 Å². The first-order valence-corrected chi connectivity index (χ1v) is 14.5. The van der Waals surface area contributed by atoms with E-state index in [0.29, 0.717) is 5.56 Å². The number of carbonyl (C=O) groups excluding carboxylic acids is 1. The molecule has 0 saturated heterocycles. The largest absolute Gasteiger partial charge is 0.481 e. The minimum absolute atomic E-state index is 0.0441. The van der Waals surface area contributed by atoms with Crippen LogP contribution in [0.15, 0.2) is 35.9 Å². The third-order valence-corrected chi connectivity index (χ3v) is 7.34. The SMILES string of the molecule is Cc1cc(C2=C(C=CC(O)CC(=O)CC(=O)O)C(C)(C)CC(C(C)(C)C)C2O[Si](C)C)ccc1F. The topological polar surface area (TPSA) is 83.8 Å². The molecular formula is C28H40FO5Si. The zero-order valence-electron chi connectivity index (χ0n) is 22.2. The minimum atomic E-state index is -1.21. The first kappa shape index (κ1) is 29.1. The van der Waals surface area contributed by atoms with Gasteiger partial charge in [0.25, 0.3) is 0 Å². The molecule has 2 N–H and O–H groups in total. The van der Waals surface area contributed by atoms with Crippen molar-refractivity contribution in [2.75, 3.05) is 0 Å². The van der Waals surface area contributed by atoms with Crippen molar-refractivity contribution in [2.24, 2.45) is 16.7 Å². The highest BCUT2D eigenvalue weighted by atomic mass is 28.3. The van der Waals surface area contributed by atoms with Crippen LogP contribution in [0.3, 0.4) is 0 Å². The molecule has 1 aliphatic carbocycles. The lowest BCUT2D eigenvalue weighted by Gasteiger charge is -2.49. The summed E-state index contributed by atoms with van der Waals surface area (Å²) in [7, 11) is -1.08. The molecule has 1 radical (unpaired) electrons. The van der Waals surface area contributed by atoms with Crippen molar-refractivity contribution in [3.8, 4) is 0 Å². The Hall–Kier alpha value is -2.09. The van der Waals surface area contributed by atoms with Gasteiger partial charge < -0.3 is 14.6 Å². The molecule has 0 amide bonds. The van der Waals surface area contributed by atoms with Gasteiger partial charge in [0.15, 0.2) is 0 Å². The average molecular weight is 504 g/mol. The van der Waals surface area contributed by atoms with E-state index in [1.807, 2.05) is 12.1 Å². The molecular weight excluding hydrogens is 463 g/mol. The maximum absolute atomic E-state index is 14.2. The van der Waals surface area contributed by atoms with E-state index in [-0.39, 0.29) is 35.1 Å². The highest BCUT2D eigenvalue weighted by Crippen LogP contribution is 2.53. The zero-order valence-corrected chi connectivity index (χ0v) is 23.2. The van der Waals surface area contributed by atoms with E-state index in [9.17, 15) is 19.1 Å². The predicted molar refractivity (Wildman–Crippen MR) is 139 cm³/mol. The van der Waals surface area contributed by atoms with Crippen LogP contribution in [0.25, 0.3) is 5.57 Å². The van der Waals surface area contributed by atoms with Gasteiger partial charge in [-0.15, -0.1) is 0 Å². The van der Waals surface area contributed by atoms with E-state index in [2.05, 4.69) is 47.7 Å². The second-order valence-electron chi connectivity index (χ2n) is 11.5. The Bertz CT molecular complexity index is 1000. The lowest BCUT2D eigenvalue weighted by Crippen LogP contribution is -2.44. The number of Topliss-reactive ketones (excluding diaryl/α,β-unsaturated/α-hetero) is 1. The predicted octanol–water partition coefficient (Wildman–Crippen LogP) is 5.97. The van der Waals surface area contributed by atoms with Gasteiger partial charge in [0.2, 0.25) is 9.04 Å². The van der Waals surface area contributed by atoms with E-state index in [1.54, 1.807) is 19.1 Å². The number of hydrogen-bond acceptors (Lipinski definition) is 4. The molecule has 3 unspecified atom stereocenters. The van der Waals surface area contributed by atoms with E-state index in [0.717, 1.165) is 23.1 Å². The van der Waals surface area contributed by atoms with Crippen LogP contribution < -0.4 is 0 Å². The molecule has 7 heteroatoms. The molecule has 35 heavy (non-hydrogen) atoms. The smallest absolute Gasteiger partial charge is 0.310 e. The summed E-state index contributed by atoms with van der Waals surface area (Å²) in [4.78, 5) is 22.7. The standard InChI is InChI=1S/C28H40FO5Si/c1-17-13-18(9-12-23(17)29)25-21(11-10-19(30)14-20(31)15-24(32)33)28(5,6)16-22(27(2,3)4)26(25)34-35(7)8/h9-13,19,22,26,30H,14-16H2,1-8H3,(H,32,33). The number of carbonyl (C=O) groups is 2. The number of aliphatic carboxylic acids is 1. The van der Waals surface area contributed by atoms with E-state index in [1.165, 1.54) is 6.07 Å². The number of halogens is 1. The maximum Gasteiger partial charge on any atom is 0.310 e. The normalized spacial score (nSPS) is 21.6. The number of aryl methyl sites for hydroxylation is 1. The van der Waals surface area contributed by atoms with Gasteiger partial charge in [-0.25, -0.2) is 4.39 Å². The van der Waals surface area contributed by atoms with Gasteiger partial charge in [0, 0.05) is 6.42 Å². The lowest BCUT2D eigenvalue weighted by molar-refractivity contribution is -0.140. The minimum Gasteiger partial charge on any atom is -0.481 e. The highest BCUT2D eigenvalue weighted by molar-refractivity contribution is 6.48. The van der Waals surface area contributed by atoms with Crippen molar-refractivity contribution in [1.82, 2.24) is 0 Å². The second kappa shape index (κ2) is 11.3. The molecule has 1 aromatic rings. The number of rotatable bonds is 9. The molecule has 0 aliphatic heterocycles. The van der Waals surface area contributed by atoms with Crippen LogP contribution in [-0.4, -0.2) is 43.2 Å². The lowest BCUT2D eigenvalue weighted by atomic mass is 9.59. The second-order valence-corrected chi connectivity index (χ2v) is 13.6. The van der Waals surface area contributed by atoms with Crippen LogP contribution in [0.5, 0.6) is 0 Å². The number of benzene rings is 1. The first-order chi connectivity index (χ1) is 16.0. The number of ketones is 1. The van der Waals surface area contributed by atoms with E-state index in [4.69, 9.17) is 9.53 Å².